The first-order valence-electron chi connectivity index (χ1n) is 8.77. The Morgan fingerprint density at radius 2 is 1.96 bits per heavy atom. The maximum absolute atomic E-state index is 12.6. The van der Waals surface area contributed by atoms with Gasteiger partial charge in [0.25, 0.3) is 0 Å². The Morgan fingerprint density at radius 1 is 1.29 bits per heavy atom. The number of nitrogens with one attached hydrogen (secondary N) is 2. The zero-order valence-corrected chi connectivity index (χ0v) is 17.8. The van der Waals surface area contributed by atoms with E-state index in [-0.39, 0.29) is 35.0 Å². The summed E-state index contributed by atoms with van der Waals surface area (Å²) in [6, 6.07) is 6.57. The van der Waals surface area contributed by atoms with E-state index in [1.807, 2.05) is 19.4 Å². The zero-order valence-electron chi connectivity index (χ0n) is 16.1. The third-order valence-corrected chi connectivity index (χ3v) is 6.70. The molecule has 8 nitrogen and oxygen atoms in total. The number of hydrogen-bond donors (Lipinski definition) is 2. The lowest BCUT2D eigenvalue weighted by Gasteiger charge is -2.17. The summed E-state index contributed by atoms with van der Waals surface area (Å²) in [5, 5.41) is 10.4. The van der Waals surface area contributed by atoms with E-state index >= 15 is 0 Å². The van der Waals surface area contributed by atoms with Gasteiger partial charge < -0.3 is 10.6 Å². The Hall–Kier alpha value is -1.94. The van der Waals surface area contributed by atoms with Crippen LogP contribution >= 0.6 is 12.4 Å². The minimum atomic E-state index is -3.44. The number of nitrogens with zero attached hydrogens (tertiary/aromatic N) is 3. The summed E-state index contributed by atoms with van der Waals surface area (Å²) in [7, 11) is 1.41. The molecule has 0 bridgehead atoms. The van der Waals surface area contributed by atoms with Crippen molar-refractivity contribution in [3.8, 4) is 0 Å². The average molecular weight is 428 g/mol. The van der Waals surface area contributed by atoms with Gasteiger partial charge in [0.1, 0.15) is 0 Å². The van der Waals surface area contributed by atoms with Crippen molar-refractivity contribution in [3.63, 3.8) is 0 Å². The molecule has 0 radical (unpaired) electrons. The molecule has 0 spiro atoms. The zero-order chi connectivity index (χ0) is 19.6. The number of benzene rings is 1. The second kappa shape index (κ2) is 9.04. The molecule has 0 saturated carbocycles. The molecule has 1 aromatic heterocycles. The fourth-order valence-electron chi connectivity index (χ4n) is 3.25. The second-order valence-electron chi connectivity index (χ2n) is 6.97. The molecule has 1 aliphatic heterocycles. The molecule has 28 heavy (non-hydrogen) atoms. The van der Waals surface area contributed by atoms with Crippen LogP contribution in [-0.4, -0.2) is 55.6 Å². The summed E-state index contributed by atoms with van der Waals surface area (Å²) in [5.74, 6) is -0.0623. The molecule has 10 heteroatoms. The lowest BCUT2D eigenvalue weighted by molar-refractivity contribution is -0.125. The van der Waals surface area contributed by atoms with Gasteiger partial charge in [-0.2, -0.15) is 5.10 Å². The van der Waals surface area contributed by atoms with Crippen molar-refractivity contribution in [2.75, 3.05) is 27.2 Å². The first kappa shape index (κ1) is 22.4. The van der Waals surface area contributed by atoms with Crippen LogP contribution in [0.5, 0.6) is 0 Å². The van der Waals surface area contributed by atoms with Gasteiger partial charge in [0.2, 0.25) is 15.9 Å². The van der Waals surface area contributed by atoms with Crippen LogP contribution in [0.1, 0.15) is 17.0 Å². The van der Waals surface area contributed by atoms with E-state index in [1.54, 1.807) is 28.9 Å². The fraction of sp³-hybridized carbons (Fsp3) is 0.444. The Bertz CT molecular complexity index is 912. The van der Waals surface area contributed by atoms with Gasteiger partial charge in [-0.25, -0.2) is 12.7 Å². The van der Waals surface area contributed by atoms with Crippen LogP contribution in [0.25, 0.3) is 0 Å². The maximum Gasteiger partial charge on any atom is 0.242 e. The monoisotopic (exact) mass is 427 g/mol. The lowest BCUT2D eigenvalue weighted by atomic mass is 9.90. The predicted octanol–water partition coefficient (Wildman–Crippen LogP) is 0.712. The van der Waals surface area contributed by atoms with Gasteiger partial charge in [0.05, 0.1) is 17.0 Å². The van der Waals surface area contributed by atoms with Gasteiger partial charge in [-0.1, -0.05) is 12.1 Å². The van der Waals surface area contributed by atoms with Crippen molar-refractivity contribution in [2.45, 2.75) is 17.4 Å². The minimum Gasteiger partial charge on any atom is -0.352 e. The largest absolute Gasteiger partial charge is 0.352 e. The van der Waals surface area contributed by atoms with E-state index in [1.165, 1.54) is 18.4 Å². The van der Waals surface area contributed by atoms with E-state index in [0.29, 0.717) is 13.1 Å². The fourth-order valence-corrected chi connectivity index (χ4v) is 4.15. The number of halogens is 1. The lowest BCUT2D eigenvalue weighted by Crippen LogP contribution is -2.34. The van der Waals surface area contributed by atoms with Crippen molar-refractivity contribution in [1.82, 2.24) is 24.7 Å². The smallest absolute Gasteiger partial charge is 0.242 e. The molecule has 1 saturated heterocycles. The van der Waals surface area contributed by atoms with Crippen molar-refractivity contribution in [1.29, 1.82) is 0 Å². The van der Waals surface area contributed by atoms with E-state index in [2.05, 4.69) is 15.7 Å². The summed E-state index contributed by atoms with van der Waals surface area (Å²) < 4.78 is 27.1. The van der Waals surface area contributed by atoms with Crippen LogP contribution in [0.3, 0.4) is 0 Å². The van der Waals surface area contributed by atoms with E-state index in [9.17, 15) is 13.2 Å². The number of carbonyl (C=O) groups is 1. The van der Waals surface area contributed by atoms with E-state index in [4.69, 9.17) is 0 Å². The highest BCUT2D eigenvalue weighted by molar-refractivity contribution is 7.89. The van der Waals surface area contributed by atoms with E-state index in [0.717, 1.165) is 17.7 Å². The van der Waals surface area contributed by atoms with Gasteiger partial charge in [-0.05, 0) is 23.3 Å². The first-order chi connectivity index (χ1) is 12.8. The number of carbonyl (C=O) groups excluding carboxylic acids is 1. The molecule has 2 heterocycles. The molecule has 2 N–H and O–H groups in total. The molecule has 154 valence electrons. The second-order valence-corrected chi connectivity index (χ2v) is 9.12. The Morgan fingerprint density at radius 3 is 2.54 bits per heavy atom. The number of hydrogen-bond acceptors (Lipinski definition) is 5. The number of sulfonamides is 1. The quantitative estimate of drug-likeness (QED) is 0.707. The number of aromatic nitrogens is 2. The number of amides is 1. The van der Waals surface area contributed by atoms with Gasteiger partial charge in [-0.3, -0.25) is 9.48 Å². The van der Waals surface area contributed by atoms with Gasteiger partial charge in [0, 0.05) is 52.9 Å². The molecule has 1 aliphatic rings. The summed E-state index contributed by atoms with van der Waals surface area (Å²) >= 11 is 0. The predicted molar refractivity (Wildman–Crippen MR) is 109 cm³/mol. The van der Waals surface area contributed by atoms with Crippen molar-refractivity contribution in [2.24, 2.45) is 13.0 Å². The highest BCUT2D eigenvalue weighted by Gasteiger charge is 2.34. The Balaban J connectivity index is 0.00000280. The summed E-state index contributed by atoms with van der Waals surface area (Å²) in [6.45, 7) is 1.74. The van der Waals surface area contributed by atoms with Crippen LogP contribution in [0.15, 0.2) is 41.6 Å². The standard InChI is InChI=1S/C18H25N5O3S.ClH/c1-22(2)27(25,26)15-6-4-13(5-7-15)8-20-18(24)17-11-19-10-16(17)14-9-21-23(3)12-14;/h4-7,9,12,16-17,19H,8,10-11H2,1-3H3,(H,20,24);1H/t16-,17+;/m1./s1. The van der Waals surface area contributed by atoms with E-state index < -0.39 is 10.0 Å². The Labute approximate surface area is 171 Å². The molecule has 3 rings (SSSR count). The SMILES string of the molecule is CN(C)S(=O)(=O)c1ccc(CNC(=O)[C@H]2CNC[C@@H]2c2cnn(C)c2)cc1.Cl. The van der Waals surface area contributed by atoms with Crippen molar-refractivity contribution >= 4 is 28.3 Å². The molecular weight excluding hydrogens is 402 g/mol. The highest BCUT2D eigenvalue weighted by atomic mass is 35.5. The highest BCUT2D eigenvalue weighted by Crippen LogP contribution is 2.28. The van der Waals surface area contributed by atoms with Crippen LogP contribution in [0.2, 0.25) is 0 Å². The molecular formula is C18H26ClN5O3S. The third-order valence-electron chi connectivity index (χ3n) is 4.87. The summed E-state index contributed by atoms with van der Waals surface area (Å²) in [5.41, 5.74) is 1.91. The minimum absolute atomic E-state index is 0. The van der Waals surface area contributed by atoms with Gasteiger partial charge >= 0.3 is 0 Å². The topological polar surface area (TPSA) is 96.3 Å². The van der Waals surface area contributed by atoms with Crippen molar-refractivity contribution in [3.05, 3.63) is 47.8 Å². The molecule has 1 aromatic carbocycles. The van der Waals surface area contributed by atoms with Crippen LogP contribution in [0, 0.1) is 5.92 Å². The number of rotatable bonds is 6. The third kappa shape index (κ3) is 4.72. The molecule has 2 aromatic rings. The molecule has 1 amide bonds. The normalized spacial score (nSPS) is 19.4. The first-order valence-corrected chi connectivity index (χ1v) is 10.2. The summed E-state index contributed by atoms with van der Waals surface area (Å²) in [6.07, 6.45) is 3.75. The summed E-state index contributed by atoms with van der Waals surface area (Å²) in [4.78, 5) is 12.9. The van der Waals surface area contributed by atoms with Gasteiger partial charge in [0.15, 0.2) is 0 Å². The van der Waals surface area contributed by atoms with Crippen LogP contribution < -0.4 is 10.6 Å². The average Bonchev–Trinajstić information content (AvgIpc) is 3.28. The van der Waals surface area contributed by atoms with Crippen LogP contribution in [-0.2, 0) is 28.4 Å². The van der Waals surface area contributed by atoms with Crippen LogP contribution in [0.4, 0.5) is 0 Å². The maximum atomic E-state index is 12.6. The van der Waals surface area contributed by atoms with Crippen molar-refractivity contribution < 1.29 is 13.2 Å². The Kier molecular flexibility index (Phi) is 7.22. The molecule has 0 unspecified atom stereocenters. The molecule has 0 aliphatic carbocycles. The van der Waals surface area contributed by atoms with Gasteiger partial charge in [-0.15, -0.1) is 12.4 Å². The molecule has 1 fully saturated rings. The molecule has 2 atom stereocenters. The number of aryl methyl sites for hydroxylation is 1.